The van der Waals surface area contributed by atoms with Gasteiger partial charge < -0.3 is 18.9 Å². The Kier molecular flexibility index (Phi) is 4.33. The molecule has 0 aromatic carbocycles. The highest BCUT2D eigenvalue weighted by Gasteiger charge is 2.33. The monoisotopic (exact) mass is 256 g/mol. The van der Waals surface area contributed by atoms with Crippen LogP contribution >= 0.6 is 0 Å². The number of carbonyl (C=O) groups excluding carboxylic acids is 2. The summed E-state index contributed by atoms with van der Waals surface area (Å²) in [5.74, 6) is -2.13. The molecule has 2 atom stereocenters. The van der Waals surface area contributed by atoms with Gasteiger partial charge in [-0.3, -0.25) is 9.59 Å². The predicted molar refractivity (Wildman–Crippen MR) is 59.7 cm³/mol. The molecule has 0 aromatic rings. The van der Waals surface area contributed by atoms with E-state index in [2.05, 4.69) is 6.58 Å². The first-order valence-electron chi connectivity index (χ1n) is 5.88. The van der Waals surface area contributed by atoms with Crippen LogP contribution in [0.4, 0.5) is 0 Å². The maximum atomic E-state index is 11.7. The van der Waals surface area contributed by atoms with Gasteiger partial charge >= 0.3 is 11.9 Å². The van der Waals surface area contributed by atoms with E-state index in [1.807, 2.05) is 0 Å². The number of esters is 2. The lowest BCUT2D eigenvalue weighted by Crippen LogP contribution is -2.29. The largest absolute Gasteiger partial charge is 0.462 e. The fourth-order valence-electron chi connectivity index (χ4n) is 1.34. The molecular formula is C12H16O6. The van der Waals surface area contributed by atoms with Crippen LogP contribution in [0.25, 0.3) is 0 Å². The molecule has 6 heteroatoms. The van der Waals surface area contributed by atoms with Gasteiger partial charge in [-0.15, -0.1) is 6.58 Å². The summed E-state index contributed by atoms with van der Waals surface area (Å²) < 4.78 is 19.8. The smallest absolute Gasteiger partial charge is 0.320 e. The summed E-state index contributed by atoms with van der Waals surface area (Å²) in [6.07, 6.45) is 1.66. The fourth-order valence-corrected chi connectivity index (χ4v) is 1.34. The number of hydrogen-bond acceptors (Lipinski definition) is 6. The van der Waals surface area contributed by atoms with Gasteiger partial charge in [-0.05, 0) is 6.42 Å². The third kappa shape index (κ3) is 4.12. The van der Waals surface area contributed by atoms with Gasteiger partial charge in [0.2, 0.25) is 0 Å². The topological polar surface area (TPSA) is 77.7 Å². The van der Waals surface area contributed by atoms with Crippen molar-refractivity contribution in [1.82, 2.24) is 0 Å². The van der Waals surface area contributed by atoms with Crippen molar-refractivity contribution in [2.24, 2.45) is 5.92 Å². The quantitative estimate of drug-likeness (QED) is 0.264. The number of rotatable bonds is 8. The zero-order valence-corrected chi connectivity index (χ0v) is 10.0. The van der Waals surface area contributed by atoms with Gasteiger partial charge in [-0.1, -0.05) is 6.08 Å². The lowest BCUT2D eigenvalue weighted by atomic mass is 10.1. The molecule has 0 N–H and O–H groups in total. The highest BCUT2D eigenvalue weighted by molar-refractivity contribution is 5.95. The van der Waals surface area contributed by atoms with Crippen LogP contribution in [0.3, 0.4) is 0 Å². The Morgan fingerprint density at radius 1 is 1.17 bits per heavy atom. The van der Waals surface area contributed by atoms with Crippen LogP contribution in [-0.4, -0.2) is 50.6 Å². The van der Waals surface area contributed by atoms with Crippen LogP contribution in [0.15, 0.2) is 12.7 Å². The first-order valence-corrected chi connectivity index (χ1v) is 5.88. The first kappa shape index (κ1) is 13.0. The van der Waals surface area contributed by atoms with E-state index >= 15 is 0 Å². The minimum Gasteiger partial charge on any atom is -0.462 e. The standard InChI is InChI=1S/C12H16O6/c1-2-3-10(11(13)17-6-8-4-15-8)12(14)18-7-9-5-16-9/h2,8-10H,1,3-7H2. The highest BCUT2D eigenvalue weighted by Crippen LogP contribution is 2.15. The third-order valence-electron chi connectivity index (χ3n) is 2.60. The molecular weight excluding hydrogens is 240 g/mol. The first-order chi connectivity index (χ1) is 8.70. The Bertz CT molecular complexity index is 303. The highest BCUT2D eigenvalue weighted by atomic mass is 16.6. The van der Waals surface area contributed by atoms with Crippen molar-refractivity contribution >= 4 is 11.9 Å². The summed E-state index contributed by atoms with van der Waals surface area (Å²) in [5.41, 5.74) is 0. The Morgan fingerprint density at radius 3 is 1.94 bits per heavy atom. The van der Waals surface area contributed by atoms with Crippen LogP contribution in [-0.2, 0) is 28.5 Å². The fraction of sp³-hybridized carbons (Fsp3) is 0.667. The van der Waals surface area contributed by atoms with Crippen LogP contribution in [0.1, 0.15) is 6.42 Å². The molecule has 0 saturated carbocycles. The van der Waals surface area contributed by atoms with Crippen molar-refractivity contribution in [3.8, 4) is 0 Å². The van der Waals surface area contributed by atoms with E-state index in [1.165, 1.54) is 6.08 Å². The Hall–Kier alpha value is -1.40. The molecule has 2 rings (SSSR count). The van der Waals surface area contributed by atoms with E-state index in [0.717, 1.165) is 0 Å². The molecule has 2 fully saturated rings. The van der Waals surface area contributed by atoms with Gasteiger partial charge in [0.15, 0.2) is 5.92 Å². The molecule has 2 unspecified atom stereocenters. The van der Waals surface area contributed by atoms with E-state index in [9.17, 15) is 9.59 Å². The number of carbonyl (C=O) groups is 2. The van der Waals surface area contributed by atoms with Gasteiger partial charge in [-0.2, -0.15) is 0 Å². The summed E-state index contributed by atoms with van der Waals surface area (Å²) in [6, 6.07) is 0. The Morgan fingerprint density at radius 2 is 1.61 bits per heavy atom. The maximum Gasteiger partial charge on any atom is 0.320 e. The second-order valence-corrected chi connectivity index (χ2v) is 4.25. The van der Waals surface area contributed by atoms with Crippen molar-refractivity contribution < 1.29 is 28.5 Å². The lowest BCUT2D eigenvalue weighted by molar-refractivity contribution is -0.162. The molecule has 0 aromatic heterocycles. The molecule has 2 heterocycles. The number of epoxide rings is 2. The van der Waals surface area contributed by atoms with E-state index in [0.29, 0.717) is 13.2 Å². The zero-order valence-electron chi connectivity index (χ0n) is 10.0. The number of ether oxygens (including phenoxy) is 4. The molecule has 18 heavy (non-hydrogen) atoms. The molecule has 2 aliphatic rings. The minimum atomic E-state index is -0.944. The Labute approximate surface area is 105 Å². The molecule has 6 nitrogen and oxygen atoms in total. The molecule has 2 aliphatic heterocycles. The Balaban J connectivity index is 1.76. The summed E-state index contributed by atoms with van der Waals surface area (Å²) in [7, 11) is 0. The second-order valence-electron chi connectivity index (χ2n) is 4.25. The number of hydrogen-bond donors (Lipinski definition) is 0. The zero-order chi connectivity index (χ0) is 13.0. The summed E-state index contributed by atoms with van der Waals surface area (Å²) in [6.45, 7) is 5.09. The van der Waals surface area contributed by atoms with Crippen molar-refractivity contribution in [2.75, 3.05) is 26.4 Å². The van der Waals surface area contributed by atoms with Crippen LogP contribution in [0.5, 0.6) is 0 Å². The van der Waals surface area contributed by atoms with Gasteiger partial charge in [0, 0.05) is 0 Å². The molecule has 0 amide bonds. The van der Waals surface area contributed by atoms with Gasteiger partial charge in [-0.25, -0.2) is 0 Å². The molecule has 0 spiro atoms. The van der Waals surface area contributed by atoms with E-state index in [4.69, 9.17) is 18.9 Å². The average Bonchev–Trinajstić information content (AvgIpc) is 3.24. The predicted octanol–water partition coefficient (Wildman–Crippen LogP) is 0.0627. The van der Waals surface area contributed by atoms with Gasteiger partial charge in [0.05, 0.1) is 13.2 Å². The maximum absolute atomic E-state index is 11.7. The van der Waals surface area contributed by atoms with E-state index in [-0.39, 0.29) is 31.8 Å². The lowest BCUT2D eigenvalue weighted by Gasteiger charge is -2.12. The molecule has 100 valence electrons. The van der Waals surface area contributed by atoms with Gasteiger partial charge in [0.1, 0.15) is 25.4 Å². The average molecular weight is 256 g/mol. The number of allylic oxidation sites excluding steroid dienone is 1. The van der Waals surface area contributed by atoms with E-state index < -0.39 is 17.9 Å². The summed E-state index contributed by atoms with van der Waals surface area (Å²) in [4.78, 5) is 23.4. The van der Waals surface area contributed by atoms with Crippen LogP contribution < -0.4 is 0 Å². The molecule has 2 saturated heterocycles. The summed E-state index contributed by atoms with van der Waals surface area (Å²) >= 11 is 0. The van der Waals surface area contributed by atoms with Crippen LogP contribution in [0, 0.1) is 5.92 Å². The molecule has 0 bridgehead atoms. The van der Waals surface area contributed by atoms with Gasteiger partial charge in [0.25, 0.3) is 0 Å². The SMILES string of the molecule is C=CCC(C(=O)OCC1CO1)C(=O)OCC1CO1. The normalized spacial score (nSPS) is 26.0. The molecule has 0 aliphatic carbocycles. The van der Waals surface area contributed by atoms with Crippen molar-refractivity contribution in [3.05, 3.63) is 12.7 Å². The van der Waals surface area contributed by atoms with Crippen molar-refractivity contribution in [2.45, 2.75) is 18.6 Å². The van der Waals surface area contributed by atoms with Crippen molar-refractivity contribution in [3.63, 3.8) is 0 Å². The summed E-state index contributed by atoms with van der Waals surface area (Å²) in [5, 5.41) is 0. The van der Waals surface area contributed by atoms with Crippen molar-refractivity contribution in [1.29, 1.82) is 0 Å². The van der Waals surface area contributed by atoms with Crippen LogP contribution in [0.2, 0.25) is 0 Å². The third-order valence-corrected chi connectivity index (χ3v) is 2.60. The second kappa shape index (κ2) is 5.97. The molecule has 0 radical (unpaired) electrons. The minimum absolute atomic E-state index is 0.0192. The van der Waals surface area contributed by atoms with E-state index in [1.54, 1.807) is 0 Å².